The first kappa shape index (κ1) is 23.9. The molecule has 1 atom stereocenters. The molecule has 30 heavy (non-hydrogen) atoms. The molecule has 2 aromatic rings. The highest BCUT2D eigenvalue weighted by atomic mass is 127. The molecule has 0 aliphatic heterocycles. The van der Waals surface area contributed by atoms with Gasteiger partial charge in [0, 0.05) is 5.56 Å². The Labute approximate surface area is 195 Å². The van der Waals surface area contributed by atoms with Crippen LogP contribution in [0.25, 0.3) is 0 Å². The number of hydrogen-bond acceptors (Lipinski definition) is 5. The molecule has 0 heterocycles. The maximum Gasteiger partial charge on any atom is 0.276 e. The average molecular weight is 541 g/mol. The van der Waals surface area contributed by atoms with Crippen molar-refractivity contribution >= 4 is 51.7 Å². The Morgan fingerprint density at radius 3 is 2.43 bits per heavy atom. The van der Waals surface area contributed by atoms with E-state index in [1.807, 2.05) is 24.3 Å². The summed E-state index contributed by atoms with van der Waals surface area (Å²) in [7, 11) is 1.56. The molecule has 0 saturated heterocycles. The van der Waals surface area contributed by atoms with Crippen LogP contribution in [-0.2, 0) is 4.79 Å². The summed E-state index contributed by atoms with van der Waals surface area (Å²) in [5.74, 6) is 0.914. The van der Waals surface area contributed by atoms with Gasteiger partial charge < -0.3 is 9.47 Å². The standard InChI is InChI=1S/C21H24IN3O4S/c1-4-13(2)14-5-8-16(9-6-14)29-12-19(26)24-25-21(30)23-20(27)15-7-10-18(28-3)17(22)11-15/h5-11,13H,4,12H2,1-3H3,(H,24,26)(H2,23,25,27,30)/t13-/m1/s1. The van der Waals surface area contributed by atoms with Crippen molar-refractivity contribution in [3.63, 3.8) is 0 Å². The van der Waals surface area contributed by atoms with E-state index >= 15 is 0 Å². The molecule has 0 saturated carbocycles. The van der Waals surface area contributed by atoms with Crippen LogP contribution in [0.15, 0.2) is 42.5 Å². The van der Waals surface area contributed by atoms with Gasteiger partial charge in [-0.2, -0.15) is 0 Å². The van der Waals surface area contributed by atoms with Gasteiger partial charge in [0.2, 0.25) is 0 Å². The molecule has 0 aliphatic carbocycles. The number of methoxy groups -OCH3 is 1. The number of amides is 2. The normalized spacial score (nSPS) is 11.2. The quantitative estimate of drug-likeness (QED) is 0.283. The Balaban J connectivity index is 1.75. The molecule has 0 aromatic heterocycles. The third-order valence-electron chi connectivity index (χ3n) is 4.39. The van der Waals surface area contributed by atoms with E-state index in [4.69, 9.17) is 21.7 Å². The van der Waals surface area contributed by atoms with Gasteiger partial charge in [0.25, 0.3) is 11.8 Å². The van der Waals surface area contributed by atoms with Crippen LogP contribution in [0.3, 0.4) is 0 Å². The van der Waals surface area contributed by atoms with Gasteiger partial charge in [-0.25, -0.2) is 0 Å². The number of halogens is 1. The lowest BCUT2D eigenvalue weighted by Crippen LogP contribution is -2.49. The first-order valence-electron chi connectivity index (χ1n) is 9.30. The van der Waals surface area contributed by atoms with Gasteiger partial charge in [0.05, 0.1) is 10.7 Å². The molecule has 2 aromatic carbocycles. The van der Waals surface area contributed by atoms with Crippen LogP contribution in [0, 0.1) is 3.57 Å². The van der Waals surface area contributed by atoms with Crippen LogP contribution >= 0.6 is 34.8 Å². The lowest BCUT2D eigenvalue weighted by Gasteiger charge is -2.13. The van der Waals surface area contributed by atoms with Crippen molar-refractivity contribution in [2.75, 3.05) is 13.7 Å². The molecule has 0 unspecified atom stereocenters. The molecule has 3 N–H and O–H groups in total. The second-order valence-electron chi connectivity index (χ2n) is 6.47. The number of rotatable bonds is 7. The summed E-state index contributed by atoms with van der Waals surface area (Å²) >= 11 is 7.11. The third-order valence-corrected chi connectivity index (χ3v) is 5.44. The van der Waals surface area contributed by atoms with E-state index in [1.54, 1.807) is 25.3 Å². The van der Waals surface area contributed by atoms with Crippen molar-refractivity contribution in [3.05, 3.63) is 57.2 Å². The Morgan fingerprint density at radius 2 is 1.83 bits per heavy atom. The number of hydrazine groups is 1. The van der Waals surface area contributed by atoms with Gasteiger partial charge in [0.1, 0.15) is 11.5 Å². The number of nitrogens with one attached hydrogen (secondary N) is 3. The molecule has 0 radical (unpaired) electrons. The Morgan fingerprint density at radius 1 is 1.13 bits per heavy atom. The highest BCUT2D eigenvalue weighted by Crippen LogP contribution is 2.22. The largest absolute Gasteiger partial charge is 0.496 e. The zero-order valence-corrected chi connectivity index (χ0v) is 19.9. The highest BCUT2D eigenvalue weighted by molar-refractivity contribution is 14.1. The Kier molecular flexibility index (Phi) is 9.31. The number of benzene rings is 2. The predicted octanol–water partition coefficient (Wildman–Crippen LogP) is 3.53. The minimum absolute atomic E-state index is 0.0305. The molecule has 9 heteroatoms. The van der Waals surface area contributed by atoms with E-state index in [9.17, 15) is 9.59 Å². The average Bonchev–Trinajstić information content (AvgIpc) is 2.75. The first-order chi connectivity index (χ1) is 14.3. The van der Waals surface area contributed by atoms with E-state index in [2.05, 4.69) is 52.6 Å². The SMILES string of the molecule is CC[C@@H](C)c1ccc(OCC(=O)NNC(=S)NC(=O)c2ccc(OC)c(I)c2)cc1. The molecule has 0 bridgehead atoms. The molecular weight excluding hydrogens is 517 g/mol. The third kappa shape index (κ3) is 7.13. The van der Waals surface area contributed by atoms with Crippen LogP contribution in [0.4, 0.5) is 0 Å². The van der Waals surface area contributed by atoms with Gasteiger partial charge in [-0.3, -0.25) is 25.8 Å². The molecule has 0 fully saturated rings. The van der Waals surface area contributed by atoms with Crippen molar-refractivity contribution in [3.8, 4) is 11.5 Å². The first-order valence-corrected chi connectivity index (χ1v) is 10.8. The van der Waals surface area contributed by atoms with Gasteiger partial charge >= 0.3 is 0 Å². The minimum atomic E-state index is -0.434. The van der Waals surface area contributed by atoms with Crippen LogP contribution in [0.5, 0.6) is 11.5 Å². The van der Waals surface area contributed by atoms with Crippen LogP contribution in [-0.4, -0.2) is 30.6 Å². The molecule has 7 nitrogen and oxygen atoms in total. The summed E-state index contributed by atoms with van der Waals surface area (Å²) in [6.07, 6.45) is 1.06. The fraction of sp³-hybridized carbons (Fsp3) is 0.286. The van der Waals surface area contributed by atoms with Crippen molar-refractivity contribution in [1.82, 2.24) is 16.2 Å². The molecule has 2 rings (SSSR count). The van der Waals surface area contributed by atoms with Crippen molar-refractivity contribution in [2.45, 2.75) is 26.2 Å². The number of ether oxygens (including phenoxy) is 2. The minimum Gasteiger partial charge on any atom is -0.496 e. The highest BCUT2D eigenvalue weighted by Gasteiger charge is 2.11. The van der Waals surface area contributed by atoms with Crippen LogP contribution in [0.1, 0.15) is 42.1 Å². The zero-order valence-electron chi connectivity index (χ0n) is 17.0. The lowest BCUT2D eigenvalue weighted by molar-refractivity contribution is -0.123. The molecule has 160 valence electrons. The van der Waals surface area contributed by atoms with Crippen LogP contribution < -0.4 is 25.6 Å². The summed E-state index contributed by atoms with van der Waals surface area (Å²) in [4.78, 5) is 24.2. The van der Waals surface area contributed by atoms with Gasteiger partial charge in [0.15, 0.2) is 11.7 Å². The van der Waals surface area contributed by atoms with E-state index in [0.717, 1.165) is 9.99 Å². The van der Waals surface area contributed by atoms with Gasteiger partial charge in [-0.1, -0.05) is 26.0 Å². The number of thiocarbonyl (C=S) groups is 1. The monoisotopic (exact) mass is 541 g/mol. The Hall–Kier alpha value is -2.40. The summed E-state index contributed by atoms with van der Waals surface area (Å²) in [6, 6.07) is 12.7. The molecule has 2 amide bonds. The van der Waals surface area contributed by atoms with E-state index in [0.29, 0.717) is 23.0 Å². The molecular formula is C21H24IN3O4S. The topological polar surface area (TPSA) is 88.7 Å². The smallest absolute Gasteiger partial charge is 0.276 e. The number of hydrogen-bond donors (Lipinski definition) is 3. The summed E-state index contributed by atoms with van der Waals surface area (Å²) in [6.45, 7) is 4.10. The maximum atomic E-state index is 12.2. The molecule has 0 spiro atoms. The van der Waals surface area contributed by atoms with Crippen LogP contribution in [0.2, 0.25) is 0 Å². The van der Waals surface area contributed by atoms with E-state index in [1.165, 1.54) is 5.56 Å². The summed E-state index contributed by atoms with van der Waals surface area (Å²) in [5.41, 5.74) is 6.51. The molecule has 0 aliphatic rings. The maximum absolute atomic E-state index is 12.2. The fourth-order valence-electron chi connectivity index (χ4n) is 2.45. The van der Waals surface area contributed by atoms with Crippen molar-refractivity contribution in [1.29, 1.82) is 0 Å². The summed E-state index contributed by atoms with van der Waals surface area (Å²) < 4.78 is 11.4. The zero-order chi connectivity index (χ0) is 22.1. The second-order valence-corrected chi connectivity index (χ2v) is 8.04. The van der Waals surface area contributed by atoms with Gasteiger partial charge in [-0.05, 0) is 83.0 Å². The fourth-order valence-corrected chi connectivity index (χ4v) is 3.33. The van der Waals surface area contributed by atoms with Crippen molar-refractivity contribution < 1.29 is 19.1 Å². The van der Waals surface area contributed by atoms with E-state index < -0.39 is 11.8 Å². The second kappa shape index (κ2) is 11.7. The predicted molar refractivity (Wildman–Crippen MR) is 128 cm³/mol. The number of carbonyl (C=O) groups excluding carboxylic acids is 2. The Bertz CT molecular complexity index is 906. The van der Waals surface area contributed by atoms with E-state index in [-0.39, 0.29) is 11.7 Å². The number of carbonyl (C=O) groups is 2. The lowest BCUT2D eigenvalue weighted by atomic mass is 9.99. The summed E-state index contributed by atoms with van der Waals surface area (Å²) in [5, 5.41) is 2.46. The van der Waals surface area contributed by atoms with Gasteiger partial charge in [-0.15, -0.1) is 0 Å². The van der Waals surface area contributed by atoms with Crippen molar-refractivity contribution in [2.24, 2.45) is 0 Å².